The van der Waals surface area contributed by atoms with Crippen LogP contribution in [-0.4, -0.2) is 26.0 Å². The number of nitro groups is 1. The maximum Gasteiger partial charge on any atom is 0.339 e. The minimum atomic E-state index is -0.577. The Morgan fingerprint density at radius 3 is 2.44 bits per heavy atom. The fourth-order valence-electron chi connectivity index (χ4n) is 4.19. The van der Waals surface area contributed by atoms with Gasteiger partial charge < -0.3 is 9.30 Å². The summed E-state index contributed by atoms with van der Waals surface area (Å²) >= 11 is 0. The number of benzene rings is 3. The molecule has 4 rings (SSSR count). The number of esters is 1. The zero-order chi connectivity index (χ0) is 25.9. The fraction of sp³-hybridized carbons (Fsp3) is 0.310. The van der Waals surface area contributed by atoms with Crippen molar-refractivity contribution in [2.75, 3.05) is 0 Å². The Morgan fingerprint density at radius 2 is 1.78 bits per heavy atom. The Kier molecular flexibility index (Phi) is 7.20. The van der Waals surface area contributed by atoms with Gasteiger partial charge >= 0.3 is 5.97 Å². The molecule has 0 radical (unpaired) electrons. The van der Waals surface area contributed by atoms with Crippen molar-refractivity contribution in [1.29, 1.82) is 0 Å². The summed E-state index contributed by atoms with van der Waals surface area (Å²) in [7, 11) is 0. The van der Waals surface area contributed by atoms with Gasteiger partial charge in [0.1, 0.15) is 11.4 Å². The molecule has 0 bridgehead atoms. The standard InChI is InChI=1S/C29H31N3O4/c1-5-6-11-27-30-25-17-16-22(32(34)35)18-26(25)31(27)19-20-12-14-21(15-13-20)23-9-7-8-10-24(23)28(33)36-29(2,3)4/h7-10,12-18H,5-6,11,19H2,1-4H3. The number of nitrogens with zero attached hydrogens (tertiary/aromatic N) is 3. The average Bonchev–Trinajstić information content (AvgIpc) is 3.18. The van der Waals surface area contributed by atoms with E-state index in [0.29, 0.717) is 12.1 Å². The zero-order valence-electron chi connectivity index (χ0n) is 21.2. The lowest BCUT2D eigenvalue weighted by molar-refractivity contribution is -0.384. The average molecular weight is 486 g/mol. The van der Waals surface area contributed by atoms with Crippen molar-refractivity contribution < 1.29 is 14.5 Å². The molecule has 0 N–H and O–H groups in total. The van der Waals surface area contributed by atoms with Crippen molar-refractivity contribution in [3.05, 3.63) is 93.8 Å². The second-order valence-electron chi connectivity index (χ2n) is 9.89. The lowest BCUT2D eigenvalue weighted by Gasteiger charge is -2.20. The first-order chi connectivity index (χ1) is 17.2. The van der Waals surface area contributed by atoms with E-state index in [0.717, 1.165) is 52.8 Å². The molecule has 0 aliphatic heterocycles. The summed E-state index contributed by atoms with van der Waals surface area (Å²) < 4.78 is 7.67. The second kappa shape index (κ2) is 10.3. The molecule has 0 unspecified atom stereocenters. The normalized spacial score (nSPS) is 11.6. The molecule has 0 aliphatic carbocycles. The van der Waals surface area contributed by atoms with Crippen LogP contribution in [0.4, 0.5) is 5.69 Å². The molecule has 7 nitrogen and oxygen atoms in total. The molecule has 3 aromatic carbocycles. The number of rotatable bonds is 8. The predicted octanol–water partition coefficient (Wildman–Crippen LogP) is 6.96. The van der Waals surface area contributed by atoms with E-state index < -0.39 is 5.60 Å². The van der Waals surface area contributed by atoms with E-state index in [9.17, 15) is 14.9 Å². The van der Waals surface area contributed by atoms with Gasteiger partial charge in [-0.25, -0.2) is 9.78 Å². The third kappa shape index (κ3) is 5.62. The van der Waals surface area contributed by atoms with Crippen LogP contribution in [0, 0.1) is 10.1 Å². The molecule has 0 saturated carbocycles. The highest BCUT2D eigenvalue weighted by Crippen LogP contribution is 2.28. The van der Waals surface area contributed by atoms with Gasteiger partial charge in [0.05, 0.1) is 21.5 Å². The number of unbranched alkanes of at least 4 members (excludes halogenated alkanes) is 1. The SMILES string of the molecule is CCCCc1nc2ccc([N+](=O)[O-])cc2n1Cc1ccc(-c2ccccc2C(=O)OC(C)(C)C)cc1. The van der Waals surface area contributed by atoms with Crippen molar-refractivity contribution in [2.24, 2.45) is 0 Å². The predicted molar refractivity (Wildman–Crippen MR) is 141 cm³/mol. The minimum absolute atomic E-state index is 0.0554. The molecule has 186 valence electrons. The van der Waals surface area contributed by atoms with Gasteiger partial charge in [0.2, 0.25) is 0 Å². The number of carbonyl (C=O) groups is 1. The van der Waals surface area contributed by atoms with Crippen LogP contribution in [0.1, 0.15) is 62.3 Å². The van der Waals surface area contributed by atoms with Crippen LogP contribution in [0.15, 0.2) is 66.7 Å². The minimum Gasteiger partial charge on any atom is -0.456 e. The molecule has 1 aromatic heterocycles. The summed E-state index contributed by atoms with van der Waals surface area (Å²) in [6.45, 7) is 8.24. The van der Waals surface area contributed by atoms with E-state index >= 15 is 0 Å². The Bertz CT molecular complexity index is 1400. The highest BCUT2D eigenvalue weighted by molar-refractivity contribution is 5.97. The molecule has 4 aromatic rings. The number of ether oxygens (including phenoxy) is 1. The Morgan fingerprint density at radius 1 is 1.06 bits per heavy atom. The first-order valence-electron chi connectivity index (χ1n) is 12.2. The number of nitro benzene ring substituents is 1. The first kappa shape index (κ1) is 25.1. The van der Waals surface area contributed by atoms with Gasteiger partial charge in [-0.15, -0.1) is 0 Å². The number of imidazole rings is 1. The van der Waals surface area contributed by atoms with Crippen LogP contribution < -0.4 is 0 Å². The lowest BCUT2D eigenvalue weighted by atomic mass is 9.98. The fourth-order valence-corrected chi connectivity index (χ4v) is 4.19. The van der Waals surface area contributed by atoms with Crippen LogP contribution in [0.25, 0.3) is 22.2 Å². The molecule has 0 spiro atoms. The van der Waals surface area contributed by atoms with Crippen LogP contribution in [0.2, 0.25) is 0 Å². The zero-order valence-corrected chi connectivity index (χ0v) is 21.2. The van der Waals surface area contributed by atoms with E-state index in [1.54, 1.807) is 18.2 Å². The third-order valence-electron chi connectivity index (χ3n) is 5.93. The lowest BCUT2D eigenvalue weighted by Crippen LogP contribution is -2.24. The van der Waals surface area contributed by atoms with Crippen molar-refractivity contribution in [1.82, 2.24) is 9.55 Å². The summed E-state index contributed by atoms with van der Waals surface area (Å²) in [6.07, 6.45) is 2.83. The molecular weight excluding hydrogens is 454 g/mol. The van der Waals surface area contributed by atoms with Gasteiger partial charge in [-0.1, -0.05) is 55.8 Å². The summed E-state index contributed by atoms with van der Waals surface area (Å²) in [5.41, 5.74) is 4.28. The number of aryl methyl sites for hydroxylation is 1. The first-order valence-corrected chi connectivity index (χ1v) is 12.2. The van der Waals surface area contributed by atoms with Gasteiger partial charge in [-0.05, 0) is 56.0 Å². The highest BCUT2D eigenvalue weighted by Gasteiger charge is 2.21. The molecule has 7 heteroatoms. The Hall–Kier alpha value is -4.00. The molecule has 0 atom stereocenters. The van der Waals surface area contributed by atoms with Gasteiger partial charge in [0, 0.05) is 25.1 Å². The molecule has 0 amide bonds. The van der Waals surface area contributed by atoms with E-state index in [1.807, 2.05) is 63.2 Å². The highest BCUT2D eigenvalue weighted by atomic mass is 16.6. The van der Waals surface area contributed by atoms with Crippen LogP contribution in [0.5, 0.6) is 0 Å². The maximum atomic E-state index is 12.8. The number of aromatic nitrogens is 2. The van der Waals surface area contributed by atoms with E-state index in [1.165, 1.54) is 6.07 Å². The number of non-ortho nitro benzene ring substituents is 1. The summed E-state index contributed by atoms with van der Waals surface area (Å²) in [6, 6.07) is 20.3. The maximum absolute atomic E-state index is 12.8. The molecule has 0 fully saturated rings. The molecular formula is C29H31N3O4. The molecule has 36 heavy (non-hydrogen) atoms. The summed E-state index contributed by atoms with van der Waals surface area (Å²) in [4.78, 5) is 28.5. The van der Waals surface area contributed by atoms with E-state index in [2.05, 4.69) is 11.5 Å². The van der Waals surface area contributed by atoms with Crippen LogP contribution >= 0.6 is 0 Å². The smallest absolute Gasteiger partial charge is 0.339 e. The van der Waals surface area contributed by atoms with E-state index in [4.69, 9.17) is 9.72 Å². The van der Waals surface area contributed by atoms with Gasteiger partial charge in [-0.3, -0.25) is 10.1 Å². The van der Waals surface area contributed by atoms with Crippen LogP contribution in [-0.2, 0) is 17.7 Å². The quantitative estimate of drug-likeness (QED) is 0.153. The van der Waals surface area contributed by atoms with Crippen molar-refractivity contribution >= 4 is 22.7 Å². The molecule has 0 aliphatic rings. The van der Waals surface area contributed by atoms with E-state index in [-0.39, 0.29) is 16.6 Å². The third-order valence-corrected chi connectivity index (χ3v) is 5.93. The number of carbonyl (C=O) groups excluding carboxylic acids is 1. The van der Waals surface area contributed by atoms with Gasteiger partial charge in [0.25, 0.3) is 5.69 Å². The Balaban J connectivity index is 1.66. The van der Waals surface area contributed by atoms with Gasteiger partial charge in [-0.2, -0.15) is 0 Å². The Labute approximate surface area is 210 Å². The number of fused-ring (bicyclic) bond motifs is 1. The number of hydrogen-bond acceptors (Lipinski definition) is 5. The van der Waals surface area contributed by atoms with Gasteiger partial charge in [0.15, 0.2) is 0 Å². The molecule has 1 heterocycles. The summed E-state index contributed by atoms with van der Waals surface area (Å²) in [5, 5.41) is 11.4. The largest absolute Gasteiger partial charge is 0.456 e. The van der Waals surface area contributed by atoms with Crippen molar-refractivity contribution in [3.63, 3.8) is 0 Å². The monoisotopic (exact) mass is 485 g/mol. The van der Waals surface area contributed by atoms with Crippen molar-refractivity contribution in [3.8, 4) is 11.1 Å². The second-order valence-corrected chi connectivity index (χ2v) is 9.89. The topological polar surface area (TPSA) is 87.3 Å². The van der Waals surface area contributed by atoms with Crippen LogP contribution in [0.3, 0.4) is 0 Å². The number of hydrogen-bond donors (Lipinski definition) is 0. The summed E-state index contributed by atoms with van der Waals surface area (Å²) in [5.74, 6) is 0.570. The molecule has 0 saturated heterocycles. The van der Waals surface area contributed by atoms with Crippen molar-refractivity contribution in [2.45, 2.75) is 59.1 Å².